The van der Waals surface area contributed by atoms with E-state index in [-0.39, 0.29) is 30.3 Å². The first-order valence-electron chi connectivity index (χ1n) is 7.32. The summed E-state index contributed by atoms with van der Waals surface area (Å²) in [7, 11) is 1.66. The first-order chi connectivity index (χ1) is 10.9. The number of carbonyl (C=O) groups excluding carboxylic acids is 2. The van der Waals surface area contributed by atoms with E-state index in [2.05, 4.69) is 10.3 Å². The van der Waals surface area contributed by atoms with Gasteiger partial charge in [-0.05, 0) is 13.0 Å². The van der Waals surface area contributed by atoms with Gasteiger partial charge >= 0.3 is 11.7 Å². The Morgan fingerprint density at radius 1 is 1.52 bits per heavy atom. The van der Waals surface area contributed by atoms with Crippen molar-refractivity contribution in [3.05, 3.63) is 22.7 Å². The lowest BCUT2D eigenvalue weighted by molar-refractivity contribution is -0.172. The molecule has 2 heterocycles. The smallest absolute Gasteiger partial charge is 0.349 e. The van der Waals surface area contributed by atoms with Crippen molar-refractivity contribution in [3.8, 4) is 0 Å². The molecule has 1 fully saturated rings. The summed E-state index contributed by atoms with van der Waals surface area (Å²) < 4.78 is 6.36. The van der Waals surface area contributed by atoms with Gasteiger partial charge in [-0.3, -0.25) is 19.0 Å². The van der Waals surface area contributed by atoms with E-state index >= 15 is 0 Å². The molecule has 2 atom stereocenters. The Hall–Kier alpha value is -2.26. The van der Waals surface area contributed by atoms with Crippen molar-refractivity contribution >= 4 is 17.7 Å². The Morgan fingerprint density at radius 3 is 2.87 bits per heavy atom. The zero-order valence-corrected chi connectivity index (χ0v) is 13.3. The number of amides is 1. The number of hydrogen-bond donors (Lipinski definition) is 1. The highest BCUT2D eigenvalue weighted by molar-refractivity contribution is 5.87. The van der Waals surface area contributed by atoms with E-state index in [1.807, 2.05) is 0 Å². The summed E-state index contributed by atoms with van der Waals surface area (Å²) in [5, 5.41) is 3.90. The Kier molecular flexibility index (Phi) is 5.45. The normalized spacial score (nSPS) is 21.2. The maximum absolute atomic E-state index is 11.9. The number of esters is 1. The molecule has 23 heavy (non-hydrogen) atoms. The van der Waals surface area contributed by atoms with Crippen molar-refractivity contribution in [2.24, 2.45) is 0 Å². The van der Waals surface area contributed by atoms with Crippen LogP contribution < -0.4 is 11.0 Å². The molecule has 1 N–H and O–H groups in total. The molecule has 1 saturated heterocycles. The second kappa shape index (κ2) is 7.34. The second-order valence-electron chi connectivity index (χ2n) is 5.21. The largest absolute Gasteiger partial charge is 0.465 e. The van der Waals surface area contributed by atoms with Gasteiger partial charge in [-0.1, -0.05) is 0 Å². The first kappa shape index (κ1) is 17.1. The van der Waals surface area contributed by atoms with Crippen LogP contribution in [0.4, 0.5) is 5.82 Å². The summed E-state index contributed by atoms with van der Waals surface area (Å²) in [6, 6.07) is 1.05. The Labute approximate surface area is 133 Å². The molecule has 9 nitrogen and oxygen atoms in total. The molecule has 0 spiro atoms. The fourth-order valence-corrected chi connectivity index (χ4v) is 2.38. The maximum Gasteiger partial charge on any atom is 0.349 e. The number of hydrogen-bond acceptors (Lipinski definition) is 7. The average molecular weight is 324 g/mol. The quantitative estimate of drug-likeness (QED) is 0.746. The standard InChI is InChI=1S/C14H20N4O5/c1-4-22-13(20)11-7-10(23-17(11)3)8-18-6-5-12(15-9(2)19)16-14(18)21/h5-6,10-11H,4,7-8H2,1-3H3,(H,15,16,19,21)/t10-,11+/m0/s1. The molecule has 1 aliphatic rings. The minimum Gasteiger partial charge on any atom is -0.465 e. The third-order valence-electron chi connectivity index (χ3n) is 3.38. The van der Waals surface area contributed by atoms with Gasteiger partial charge in [0.15, 0.2) is 0 Å². The number of carbonyl (C=O) groups is 2. The molecular weight excluding hydrogens is 304 g/mol. The van der Waals surface area contributed by atoms with Crippen LogP contribution in [-0.4, -0.2) is 52.3 Å². The molecule has 126 valence electrons. The summed E-state index contributed by atoms with van der Waals surface area (Å²) in [4.78, 5) is 44.0. The van der Waals surface area contributed by atoms with Crippen molar-refractivity contribution < 1.29 is 19.2 Å². The number of anilines is 1. The van der Waals surface area contributed by atoms with Crippen LogP contribution in [0.15, 0.2) is 17.1 Å². The van der Waals surface area contributed by atoms with Gasteiger partial charge < -0.3 is 10.1 Å². The predicted octanol–water partition coefficient (Wildman–Crippen LogP) is -0.231. The number of likely N-dealkylation sites (N-methyl/N-ethyl adjacent to an activating group) is 1. The second-order valence-corrected chi connectivity index (χ2v) is 5.21. The molecule has 0 bridgehead atoms. The number of aromatic nitrogens is 2. The molecule has 1 amide bonds. The predicted molar refractivity (Wildman–Crippen MR) is 80.5 cm³/mol. The van der Waals surface area contributed by atoms with E-state index in [1.165, 1.54) is 28.8 Å². The third-order valence-corrected chi connectivity index (χ3v) is 3.38. The van der Waals surface area contributed by atoms with E-state index in [9.17, 15) is 14.4 Å². The highest BCUT2D eigenvalue weighted by Crippen LogP contribution is 2.21. The summed E-state index contributed by atoms with van der Waals surface area (Å²) in [6.07, 6.45) is 1.62. The van der Waals surface area contributed by atoms with Gasteiger partial charge in [-0.2, -0.15) is 10.0 Å². The van der Waals surface area contributed by atoms with E-state index in [0.29, 0.717) is 13.0 Å². The molecule has 0 aliphatic carbocycles. The fraction of sp³-hybridized carbons (Fsp3) is 0.571. The average Bonchev–Trinajstić information content (AvgIpc) is 2.82. The monoisotopic (exact) mass is 324 g/mol. The van der Waals surface area contributed by atoms with Gasteiger partial charge in [0.2, 0.25) is 5.91 Å². The minimum atomic E-state index is -0.498. The van der Waals surface area contributed by atoms with Gasteiger partial charge in [-0.15, -0.1) is 0 Å². The van der Waals surface area contributed by atoms with Crippen LogP contribution in [0.5, 0.6) is 0 Å². The van der Waals surface area contributed by atoms with Crippen molar-refractivity contribution in [1.82, 2.24) is 14.6 Å². The summed E-state index contributed by atoms with van der Waals surface area (Å²) in [5.74, 6) is -0.440. The number of ether oxygens (including phenoxy) is 1. The maximum atomic E-state index is 11.9. The van der Waals surface area contributed by atoms with Crippen LogP contribution >= 0.6 is 0 Å². The van der Waals surface area contributed by atoms with Crippen LogP contribution in [0.2, 0.25) is 0 Å². The fourth-order valence-electron chi connectivity index (χ4n) is 2.38. The highest BCUT2D eigenvalue weighted by Gasteiger charge is 2.37. The van der Waals surface area contributed by atoms with Crippen LogP contribution in [0.3, 0.4) is 0 Å². The van der Waals surface area contributed by atoms with Gasteiger partial charge in [0.1, 0.15) is 11.9 Å². The lowest BCUT2D eigenvalue weighted by Gasteiger charge is -2.15. The molecule has 1 aromatic heterocycles. The molecule has 0 saturated carbocycles. The van der Waals surface area contributed by atoms with E-state index in [4.69, 9.17) is 9.57 Å². The number of rotatable bonds is 5. The van der Waals surface area contributed by atoms with Crippen molar-refractivity contribution in [2.45, 2.75) is 39.0 Å². The van der Waals surface area contributed by atoms with Crippen LogP contribution in [0.1, 0.15) is 20.3 Å². The first-order valence-corrected chi connectivity index (χ1v) is 7.32. The summed E-state index contributed by atoms with van der Waals surface area (Å²) in [5.41, 5.74) is -0.498. The molecule has 1 aliphatic heterocycles. The highest BCUT2D eigenvalue weighted by atomic mass is 16.7. The van der Waals surface area contributed by atoms with Gasteiger partial charge in [0, 0.05) is 26.6 Å². The van der Waals surface area contributed by atoms with Crippen LogP contribution in [0, 0.1) is 0 Å². The SMILES string of the molecule is CCOC(=O)[C@H]1C[C@@H](Cn2ccc(NC(C)=O)nc2=O)ON1C. The lowest BCUT2D eigenvalue weighted by Crippen LogP contribution is -2.33. The molecule has 1 aromatic rings. The summed E-state index contributed by atoms with van der Waals surface area (Å²) in [6.45, 7) is 3.65. The van der Waals surface area contributed by atoms with Crippen molar-refractivity contribution in [3.63, 3.8) is 0 Å². The van der Waals surface area contributed by atoms with E-state index < -0.39 is 11.7 Å². The zero-order chi connectivity index (χ0) is 17.0. The Bertz CT molecular complexity index is 644. The molecule has 0 unspecified atom stereocenters. The minimum absolute atomic E-state index is 0.201. The van der Waals surface area contributed by atoms with Gasteiger partial charge in [-0.25, -0.2) is 4.79 Å². The van der Waals surface area contributed by atoms with Crippen LogP contribution in [0.25, 0.3) is 0 Å². The van der Waals surface area contributed by atoms with E-state index in [1.54, 1.807) is 14.0 Å². The molecule has 9 heteroatoms. The topological polar surface area (TPSA) is 103 Å². The lowest BCUT2D eigenvalue weighted by atomic mass is 10.1. The molecule has 0 aromatic carbocycles. The Morgan fingerprint density at radius 2 is 2.26 bits per heavy atom. The van der Waals surface area contributed by atoms with Crippen molar-refractivity contribution in [1.29, 1.82) is 0 Å². The number of nitrogens with zero attached hydrogens (tertiary/aromatic N) is 3. The van der Waals surface area contributed by atoms with Crippen LogP contribution in [-0.2, 0) is 25.7 Å². The van der Waals surface area contributed by atoms with Gasteiger partial charge in [0.25, 0.3) is 0 Å². The summed E-state index contributed by atoms with van der Waals surface area (Å²) >= 11 is 0. The molecular formula is C14H20N4O5. The van der Waals surface area contributed by atoms with E-state index in [0.717, 1.165) is 0 Å². The zero-order valence-electron chi connectivity index (χ0n) is 13.3. The molecule has 2 rings (SSSR count). The van der Waals surface area contributed by atoms with Gasteiger partial charge in [0.05, 0.1) is 19.3 Å². The number of nitrogens with one attached hydrogen (secondary N) is 1. The van der Waals surface area contributed by atoms with Crippen molar-refractivity contribution in [2.75, 3.05) is 19.0 Å². The number of hydroxylamine groups is 2. The Balaban J connectivity index is 2.02. The molecule has 0 radical (unpaired) electrons. The third kappa shape index (κ3) is 4.36.